The summed E-state index contributed by atoms with van der Waals surface area (Å²) in [6, 6.07) is 9.59. The molecule has 0 saturated carbocycles. The van der Waals surface area contributed by atoms with Crippen LogP contribution in [-0.2, 0) is 0 Å². The number of hydrogen-bond acceptors (Lipinski definition) is 4. The largest absolute Gasteiger partial charge is 0.505 e. The molecule has 0 aliphatic heterocycles. The highest BCUT2D eigenvalue weighted by Crippen LogP contribution is 2.30. The molecule has 0 aliphatic carbocycles. The lowest BCUT2D eigenvalue weighted by Crippen LogP contribution is -1.92. The molecular weight excluding hydrogens is 274 g/mol. The van der Waals surface area contributed by atoms with Gasteiger partial charge in [-0.3, -0.25) is 0 Å². The van der Waals surface area contributed by atoms with E-state index in [4.69, 9.17) is 5.73 Å². The summed E-state index contributed by atoms with van der Waals surface area (Å²) in [6.45, 7) is 3.89. The predicted molar refractivity (Wildman–Crippen MR) is 90.5 cm³/mol. The van der Waals surface area contributed by atoms with Crippen LogP contribution in [0.2, 0.25) is 0 Å². The summed E-state index contributed by atoms with van der Waals surface area (Å²) in [4.78, 5) is 8.59. The summed E-state index contributed by atoms with van der Waals surface area (Å²) >= 11 is 0. The third-order valence-corrected chi connectivity index (χ3v) is 3.68. The molecule has 3 rings (SSSR count). The molecule has 1 aromatic carbocycles. The van der Waals surface area contributed by atoms with Crippen LogP contribution in [0.5, 0.6) is 5.75 Å². The van der Waals surface area contributed by atoms with Crippen molar-refractivity contribution in [2.45, 2.75) is 13.8 Å². The molecule has 110 valence electrons. The van der Waals surface area contributed by atoms with Gasteiger partial charge in [0.05, 0.1) is 5.69 Å². The Bertz CT molecular complexity index is 885. The number of fused-ring (bicyclic) bond motifs is 1. The van der Waals surface area contributed by atoms with Gasteiger partial charge in [0.1, 0.15) is 17.1 Å². The third-order valence-electron chi connectivity index (χ3n) is 3.68. The first-order chi connectivity index (χ1) is 10.6. The van der Waals surface area contributed by atoms with Crippen molar-refractivity contribution in [3.63, 3.8) is 0 Å². The molecule has 4 heteroatoms. The van der Waals surface area contributed by atoms with E-state index in [0.29, 0.717) is 11.3 Å². The molecule has 2 heterocycles. The van der Waals surface area contributed by atoms with Gasteiger partial charge < -0.3 is 10.8 Å². The van der Waals surface area contributed by atoms with Gasteiger partial charge in [0, 0.05) is 17.1 Å². The number of pyridine rings is 2. The Hall–Kier alpha value is -2.88. The molecule has 0 fully saturated rings. The molecule has 0 unspecified atom stereocenters. The lowest BCUT2D eigenvalue weighted by atomic mass is 10.0. The van der Waals surface area contributed by atoms with E-state index in [2.05, 4.69) is 9.97 Å². The minimum Gasteiger partial charge on any atom is -0.505 e. The highest BCUT2D eigenvalue weighted by Gasteiger charge is 2.08. The number of phenolic OH excluding ortho intramolecular Hbond substituents is 1. The minimum absolute atomic E-state index is 0.233. The number of anilines is 1. The van der Waals surface area contributed by atoms with Crippen LogP contribution in [0.4, 0.5) is 5.82 Å². The highest BCUT2D eigenvalue weighted by atomic mass is 16.3. The van der Waals surface area contributed by atoms with Gasteiger partial charge in [-0.15, -0.1) is 0 Å². The Morgan fingerprint density at radius 1 is 1.09 bits per heavy atom. The van der Waals surface area contributed by atoms with Crippen LogP contribution in [0.15, 0.2) is 36.5 Å². The van der Waals surface area contributed by atoms with Gasteiger partial charge in [-0.1, -0.05) is 12.1 Å². The first-order valence-electron chi connectivity index (χ1n) is 7.05. The van der Waals surface area contributed by atoms with Crippen molar-refractivity contribution >= 4 is 28.9 Å². The van der Waals surface area contributed by atoms with E-state index in [0.717, 1.165) is 27.8 Å². The maximum atomic E-state index is 10.2. The van der Waals surface area contributed by atoms with Crippen molar-refractivity contribution in [2.24, 2.45) is 0 Å². The van der Waals surface area contributed by atoms with Crippen LogP contribution in [0.1, 0.15) is 22.4 Å². The minimum atomic E-state index is 0.233. The second-order valence-corrected chi connectivity index (χ2v) is 5.30. The number of nitrogens with zero attached hydrogens (tertiary/aromatic N) is 2. The Labute approximate surface area is 129 Å². The predicted octanol–water partition coefficient (Wildman–Crippen LogP) is 3.70. The van der Waals surface area contributed by atoms with Gasteiger partial charge in [0.15, 0.2) is 0 Å². The van der Waals surface area contributed by atoms with Gasteiger partial charge in [-0.05, 0) is 55.3 Å². The number of aromatic nitrogens is 2. The quantitative estimate of drug-likeness (QED) is 0.755. The fourth-order valence-electron chi connectivity index (χ4n) is 2.47. The Morgan fingerprint density at radius 3 is 2.68 bits per heavy atom. The maximum Gasteiger partial charge on any atom is 0.144 e. The number of phenols is 1. The van der Waals surface area contributed by atoms with E-state index in [1.54, 1.807) is 6.20 Å². The summed E-state index contributed by atoms with van der Waals surface area (Å²) in [6.07, 6.45) is 5.39. The number of aromatic hydroxyl groups is 1. The van der Waals surface area contributed by atoms with E-state index < -0.39 is 0 Å². The fourth-order valence-corrected chi connectivity index (χ4v) is 2.47. The molecule has 2 aromatic heterocycles. The normalized spacial score (nSPS) is 11.4. The SMILES string of the molecule is Cc1cc(C)c2ccc(/C=C/c3cccnc3N)nc2c1O. The summed E-state index contributed by atoms with van der Waals surface area (Å²) in [5.74, 6) is 0.714. The maximum absolute atomic E-state index is 10.2. The van der Waals surface area contributed by atoms with E-state index >= 15 is 0 Å². The van der Waals surface area contributed by atoms with Crippen molar-refractivity contribution in [3.8, 4) is 5.75 Å². The molecule has 0 amide bonds. The van der Waals surface area contributed by atoms with Crippen LogP contribution >= 0.6 is 0 Å². The molecular formula is C18H17N3O. The van der Waals surface area contributed by atoms with Crippen molar-refractivity contribution < 1.29 is 5.11 Å². The lowest BCUT2D eigenvalue weighted by molar-refractivity contribution is 0.476. The number of hydrogen-bond donors (Lipinski definition) is 2. The number of rotatable bonds is 2. The second-order valence-electron chi connectivity index (χ2n) is 5.30. The van der Waals surface area contributed by atoms with Crippen LogP contribution in [0.3, 0.4) is 0 Å². The number of aryl methyl sites for hydroxylation is 2. The first kappa shape index (κ1) is 14.1. The molecule has 0 spiro atoms. The molecule has 0 aliphatic rings. The zero-order valence-electron chi connectivity index (χ0n) is 12.5. The van der Waals surface area contributed by atoms with Crippen LogP contribution in [-0.4, -0.2) is 15.1 Å². The molecule has 3 aromatic rings. The molecule has 4 nitrogen and oxygen atoms in total. The van der Waals surface area contributed by atoms with Crippen LogP contribution < -0.4 is 5.73 Å². The summed E-state index contributed by atoms with van der Waals surface area (Å²) in [5.41, 5.74) is 9.97. The van der Waals surface area contributed by atoms with Crippen molar-refractivity contribution in [1.82, 2.24) is 9.97 Å². The van der Waals surface area contributed by atoms with Gasteiger partial charge >= 0.3 is 0 Å². The Kier molecular flexibility index (Phi) is 3.51. The number of nitrogen functional groups attached to an aromatic ring is 1. The molecule has 0 saturated heterocycles. The van der Waals surface area contributed by atoms with Crippen LogP contribution in [0, 0.1) is 13.8 Å². The Morgan fingerprint density at radius 2 is 1.91 bits per heavy atom. The lowest BCUT2D eigenvalue weighted by Gasteiger charge is -2.08. The fraction of sp³-hybridized carbons (Fsp3) is 0.111. The molecule has 0 radical (unpaired) electrons. The monoisotopic (exact) mass is 291 g/mol. The molecule has 0 atom stereocenters. The van der Waals surface area contributed by atoms with E-state index in [1.807, 2.05) is 56.3 Å². The topological polar surface area (TPSA) is 72.0 Å². The third kappa shape index (κ3) is 2.51. The van der Waals surface area contributed by atoms with E-state index in [1.165, 1.54) is 0 Å². The Balaban J connectivity index is 2.06. The smallest absolute Gasteiger partial charge is 0.144 e. The highest BCUT2D eigenvalue weighted by molar-refractivity contribution is 5.89. The van der Waals surface area contributed by atoms with Crippen molar-refractivity contribution in [1.29, 1.82) is 0 Å². The van der Waals surface area contributed by atoms with Gasteiger partial charge in [-0.25, -0.2) is 9.97 Å². The van der Waals surface area contributed by atoms with Gasteiger partial charge in [0.25, 0.3) is 0 Å². The molecule has 22 heavy (non-hydrogen) atoms. The molecule has 3 N–H and O–H groups in total. The summed E-state index contributed by atoms with van der Waals surface area (Å²) in [5, 5.41) is 11.2. The zero-order valence-corrected chi connectivity index (χ0v) is 12.5. The first-order valence-corrected chi connectivity index (χ1v) is 7.05. The molecule has 0 bridgehead atoms. The summed E-state index contributed by atoms with van der Waals surface area (Å²) in [7, 11) is 0. The van der Waals surface area contributed by atoms with E-state index in [9.17, 15) is 5.11 Å². The average Bonchev–Trinajstić information content (AvgIpc) is 2.52. The average molecular weight is 291 g/mol. The van der Waals surface area contributed by atoms with Gasteiger partial charge in [-0.2, -0.15) is 0 Å². The zero-order chi connectivity index (χ0) is 15.7. The number of nitrogens with two attached hydrogens (primary N) is 1. The standard InChI is InChI=1S/C18H17N3O/c1-11-10-12(2)17(22)16-15(11)8-7-14(21-16)6-5-13-4-3-9-20-18(13)19/h3-10,22H,1-2H3,(H2,19,20)/b6-5+. The van der Waals surface area contributed by atoms with Crippen molar-refractivity contribution in [2.75, 3.05) is 5.73 Å². The van der Waals surface area contributed by atoms with E-state index in [-0.39, 0.29) is 5.75 Å². The summed E-state index contributed by atoms with van der Waals surface area (Å²) < 4.78 is 0. The van der Waals surface area contributed by atoms with Gasteiger partial charge in [0.2, 0.25) is 0 Å². The number of benzene rings is 1. The second kappa shape index (κ2) is 5.48. The van der Waals surface area contributed by atoms with Crippen molar-refractivity contribution in [3.05, 3.63) is 58.9 Å². The van der Waals surface area contributed by atoms with Crippen LogP contribution in [0.25, 0.3) is 23.1 Å².